The Bertz CT molecular complexity index is 819. The van der Waals surface area contributed by atoms with Gasteiger partial charge in [-0.05, 0) is 29.3 Å². The van der Waals surface area contributed by atoms with Crippen LogP contribution in [0.2, 0.25) is 0 Å². The van der Waals surface area contributed by atoms with Crippen molar-refractivity contribution in [3.05, 3.63) is 65.7 Å². The number of benzene rings is 2. The van der Waals surface area contributed by atoms with Gasteiger partial charge in [-0.25, -0.2) is 4.98 Å². The SMILES string of the molecule is Nc1nc2ccc(CO)cc2s1.O=C([O-])C=Cc1ccccc1.[Na+]. The minimum Gasteiger partial charge on any atom is -0.545 e. The van der Waals surface area contributed by atoms with Crippen LogP contribution in [0.25, 0.3) is 16.3 Å². The summed E-state index contributed by atoms with van der Waals surface area (Å²) in [7, 11) is 0. The predicted molar refractivity (Wildman–Crippen MR) is 90.4 cm³/mol. The van der Waals surface area contributed by atoms with Gasteiger partial charge in [-0.1, -0.05) is 53.8 Å². The fourth-order valence-electron chi connectivity index (χ4n) is 1.81. The minimum atomic E-state index is -1.17. The smallest absolute Gasteiger partial charge is 0.545 e. The minimum absolute atomic E-state index is 0. The molecule has 2 aromatic carbocycles. The number of nitrogen functional groups attached to an aromatic ring is 1. The van der Waals surface area contributed by atoms with Gasteiger partial charge in [0.25, 0.3) is 0 Å². The number of aliphatic carboxylic acids is 1. The van der Waals surface area contributed by atoms with Crippen molar-refractivity contribution in [3.8, 4) is 0 Å². The molecule has 24 heavy (non-hydrogen) atoms. The van der Waals surface area contributed by atoms with E-state index in [2.05, 4.69) is 4.98 Å². The zero-order valence-electron chi connectivity index (χ0n) is 13.2. The van der Waals surface area contributed by atoms with Gasteiger partial charge in [-0.15, -0.1) is 0 Å². The molecule has 5 nitrogen and oxygen atoms in total. The van der Waals surface area contributed by atoms with Gasteiger partial charge in [0, 0.05) is 0 Å². The van der Waals surface area contributed by atoms with Gasteiger partial charge in [-0.2, -0.15) is 0 Å². The molecule has 0 radical (unpaired) electrons. The number of nitrogens with two attached hydrogens (primary N) is 1. The number of rotatable bonds is 3. The largest absolute Gasteiger partial charge is 1.00 e. The summed E-state index contributed by atoms with van der Waals surface area (Å²) < 4.78 is 1.03. The third-order valence-corrected chi connectivity index (χ3v) is 3.71. The molecule has 0 spiro atoms. The van der Waals surface area contributed by atoms with Crippen LogP contribution in [-0.2, 0) is 11.4 Å². The summed E-state index contributed by atoms with van der Waals surface area (Å²) in [5.74, 6) is -1.17. The van der Waals surface area contributed by atoms with Gasteiger partial charge >= 0.3 is 29.6 Å². The van der Waals surface area contributed by atoms with Crippen LogP contribution in [0.15, 0.2) is 54.6 Å². The molecule has 0 bridgehead atoms. The number of aromatic nitrogens is 1. The Balaban J connectivity index is 0.000000232. The number of carbonyl (C=O) groups excluding carboxylic acids is 1. The summed E-state index contributed by atoms with van der Waals surface area (Å²) >= 11 is 1.44. The summed E-state index contributed by atoms with van der Waals surface area (Å²) in [4.78, 5) is 14.1. The molecule has 3 aromatic rings. The molecule has 0 unspecified atom stereocenters. The molecule has 3 N–H and O–H groups in total. The molecule has 118 valence electrons. The van der Waals surface area contributed by atoms with Gasteiger partial charge < -0.3 is 20.7 Å². The zero-order chi connectivity index (χ0) is 16.7. The summed E-state index contributed by atoms with van der Waals surface area (Å²) in [5.41, 5.74) is 8.18. The first-order valence-corrected chi connectivity index (χ1v) is 7.60. The Hall–Kier alpha value is -1.70. The predicted octanol–water partition coefficient (Wildman–Crippen LogP) is -1.18. The maximum atomic E-state index is 9.97. The molecular formula is C17H15N2NaO3S. The first-order chi connectivity index (χ1) is 11.1. The molecule has 0 saturated carbocycles. The van der Waals surface area contributed by atoms with Gasteiger partial charge in [0.2, 0.25) is 0 Å². The number of carboxylic acids is 1. The van der Waals surface area contributed by atoms with Crippen molar-refractivity contribution in [2.75, 3.05) is 5.73 Å². The standard InChI is InChI=1S/C9H8O2.C8H8N2OS.Na/c10-9(11)7-6-8-4-2-1-3-5-8;9-8-10-6-2-1-5(4-11)3-7(6)12-8;/h1-7H,(H,10,11);1-3,11H,4H2,(H2,9,10);/q;;+1/p-1. The van der Waals surface area contributed by atoms with E-state index in [-0.39, 0.29) is 36.2 Å². The van der Waals surface area contributed by atoms with Gasteiger partial charge in [0.05, 0.1) is 22.8 Å². The van der Waals surface area contributed by atoms with Crippen LogP contribution in [0.4, 0.5) is 5.13 Å². The molecule has 7 heteroatoms. The number of nitrogens with zero attached hydrogens (tertiary/aromatic N) is 1. The van der Waals surface area contributed by atoms with Crippen molar-refractivity contribution in [2.24, 2.45) is 0 Å². The van der Waals surface area contributed by atoms with Crippen LogP contribution in [-0.4, -0.2) is 16.1 Å². The van der Waals surface area contributed by atoms with Crippen LogP contribution >= 0.6 is 11.3 Å². The molecule has 0 saturated heterocycles. The topological polar surface area (TPSA) is 99.3 Å². The van der Waals surface area contributed by atoms with Crippen LogP contribution in [0.1, 0.15) is 11.1 Å². The quantitative estimate of drug-likeness (QED) is 0.458. The number of carboxylic acid groups (broad SMARTS) is 1. The van der Waals surface area contributed by atoms with Crippen molar-refractivity contribution in [1.82, 2.24) is 4.98 Å². The first-order valence-electron chi connectivity index (χ1n) is 6.78. The molecule has 0 aliphatic heterocycles. The second kappa shape index (κ2) is 10.2. The van der Waals surface area contributed by atoms with E-state index < -0.39 is 5.97 Å². The third kappa shape index (κ3) is 6.43. The molecule has 0 fully saturated rings. The number of hydrogen-bond acceptors (Lipinski definition) is 6. The number of aliphatic hydroxyl groups is 1. The maximum absolute atomic E-state index is 9.97. The van der Waals surface area contributed by atoms with E-state index in [1.165, 1.54) is 17.4 Å². The summed E-state index contributed by atoms with van der Waals surface area (Å²) in [6.07, 6.45) is 2.50. The number of hydrogen-bond donors (Lipinski definition) is 2. The van der Waals surface area contributed by atoms with E-state index in [4.69, 9.17) is 10.8 Å². The van der Waals surface area contributed by atoms with E-state index in [1.807, 2.05) is 48.5 Å². The number of aliphatic hydroxyl groups excluding tert-OH is 1. The zero-order valence-corrected chi connectivity index (χ0v) is 16.0. The number of fused-ring (bicyclic) bond motifs is 1. The summed E-state index contributed by atoms with van der Waals surface area (Å²) in [5, 5.41) is 19.4. The summed E-state index contributed by atoms with van der Waals surface area (Å²) in [6.45, 7) is 0.0632. The number of anilines is 1. The van der Waals surface area contributed by atoms with Crippen molar-refractivity contribution < 1.29 is 44.6 Å². The van der Waals surface area contributed by atoms with Crippen LogP contribution in [0.3, 0.4) is 0 Å². The molecular weight excluding hydrogens is 335 g/mol. The fourth-order valence-corrected chi connectivity index (χ4v) is 2.61. The van der Waals surface area contributed by atoms with Crippen LogP contribution in [0, 0.1) is 0 Å². The Morgan fingerprint density at radius 3 is 2.58 bits per heavy atom. The molecule has 0 amide bonds. The number of thiazole rings is 1. The molecule has 3 rings (SSSR count). The molecule has 1 aromatic heterocycles. The number of carbonyl (C=O) groups is 1. The monoisotopic (exact) mass is 350 g/mol. The van der Waals surface area contributed by atoms with Crippen molar-refractivity contribution in [1.29, 1.82) is 0 Å². The average Bonchev–Trinajstić information content (AvgIpc) is 2.93. The van der Waals surface area contributed by atoms with Crippen molar-refractivity contribution in [2.45, 2.75) is 6.61 Å². The van der Waals surface area contributed by atoms with Gasteiger partial charge in [0.1, 0.15) is 0 Å². The molecule has 1 heterocycles. The fraction of sp³-hybridized carbons (Fsp3) is 0.0588. The van der Waals surface area contributed by atoms with E-state index in [9.17, 15) is 9.90 Å². The Morgan fingerprint density at radius 2 is 1.96 bits per heavy atom. The van der Waals surface area contributed by atoms with E-state index in [1.54, 1.807) is 0 Å². The molecule has 0 atom stereocenters. The molecule has 0 aliphatic rings. The van der Waals surface area contributed by atoms with Crippen LogP contribution < -0.4 is 40.4 Å². The normalized spacial score (nSPS) is 10.0. The van der Waals surface area contributed by atoms with Gasteiger partial charge in [0.15, 0.2) is 5.13 Å². The third-order valence-electron chi connectivity index (χ3n) is 2.86. The average molecular weight is 350 g/mol. The second-order valence-electron chi connectivity index (χ2n) is 4.58. The second-order valence-corrected chi connectivity index (χ2v) is 5.64. The van der Waals surface area contributed by atoms with E-state index >= 15 is 0 Å². The Labute approximate surface area is 165 Å². The Kier molecular flexibility index (Phi) is 8.67. The van der Waals surface area contributed by atoms with E-state index in [0.29, 0.717) is 5.13 Å². The van der Waals surface area contributed by atoms with Crippen molar-refractivity contribution >= 4 is 38.7 Å². The Morgan fingerprint density at radius 1 is 1.25 bits per heavy atom. The van der Waals surface area contributed by atoms with Crippen molar-refractivity contribution in [3.63, 3.8) is 0 Å². The first kappa shape index (κ1) is 20.3. The molecule has 0 aliphatic carbocycles. The van der Waals surface area contributed by atoms with Crippen LogP contribution in [0.5, 0.6) is 0 Å². The summed E-state index contributed by atoms with van der Waals surface area (Å²) in [6, 6.07) is 14.8. The van der Waals surface area contributed by atoms with E-state index in [0.717, 1.165) is 27.4 Å². The van der Waals surface area contributed by atoms with Gasteiger partial charge in [-0.3, -0.25) is 0 Å². The maximum Gasteiger partial charge on any atom is 1.00 e.